The smallest absolute Gasteiger partial charge is 0.225 e. The molecule has 0 aliphatic heterocycles. The molecule has 3 heteroatoms. The van der Waals surface area contributed by atoms with E-state index in [0.29, 0.717) is 6.54 Å². The van der Waals surface area contributed by atoms with Crippen molar-refractivity contribution in [1.82, 2.24) is 4.90 Å². The van der Waals surface area contributed by atoms with Crippen molar-refractivity contribution in [1.29, 1.82) is 0 Å². The van der Waals surface area contributed by atoms with Crippen molar-refractivity contribution in [3.8, 4) is 0 Å². The molecule has 0 saturated carbocycles. The van der Waals surface area contributed by atoms with Gasteiger partial charge < -0.3 is 9.32 Å². The normalized spacial score (nSPS) is 10.8. The van der Waals surface area contributed by atoms with Gasteiger partial charge in [0.2, 0.25) is 5.91 Å². The summed E-state index contributed by atoms with van der Waals surface area (Å²) in [5, 5.41) is 0. The average molecular weight is 223 g/mol. The van der Waals surface area contributed by atoms with Gasteiger partial charge in [0.25, 0.3) is 0 Å². The first kappa shape index (κ1) is 12.8. The Balaban J connectivity index is 2.57. The molecule has 0 radical (unpaired) electrons. The number of furan rings is 1. The number of rotatable bonds is 5. The lowest BCUT2D eigenvalue weighted by molar-refractivity contribution is -0.135. The molecule has 0 aliphatic rings. The van der Waals surface area contributed by atoms with Gasteiger partial charge in [-0.15, -0.1) is 0 Å². The van der Waals surface area contributed by atoms with Crippen LogP contribution in [0, 0.1) is 12.8 Å². The van der Waals surface area contributed by atoms with E-state index in [4.69, 9.17) is 4.42 Å². The molecule has 0 unspecified atom stereocenters. The second-order valence-corrected chi connectivity index (χ2v) is 4.22. The van der Waals surface area contributed by atoms with E-state index in [0.717, 1.165) is 24.4 Å². The van der Waals surface area contributed by atoms with Gasteiger partial charge in [0.05, 0.1) is 6.54 Å². The Bertz CT molecular complexity index is 339. The zero-order valence-electron chi connectivity index (χ0n) is 10.6. The predicted molar refractivity (Wildman–Crippen MR) is 64.0 cm³/mol. The standard InChI is InChI=1S/C13H21NO2/c1-5-11(6-2)13(15)14(4)9-12-8-7-10(3)16-12/h7-8,11H,5-6,9H2,1-4H3. The second kappa shape index (κ2) is 5.73. The first-order valence-corrected chi connectivity index (χ1v) is 5.88. The molecular formula is C13H21NO2. The Kier molecular flexibility index (Phi) is 4.59. The monoisotopic (exact) mass is 223 g/mol. The van der Waals surface area contributed by atoms with Gasteiger partial charge in [-0.25, -0.2) is 0 Å². The van der Waals surface area contributed by atoms with Crippen molar-refractivity contribution in [2.24, 2.45) is 5.92 Å². The van der Waals surface area contributed by atoms with Gasteiger partial charge in [-0.3, -0.25) is 4.79 Å². The number of hydrogen-bond acceptors (Lipinski definition) is 2. The van der Waals surface area contributed by atoms with Gasteiger partial charge in [0.1, 0.15) is 11.5 Å². The van der Waals surface area contributed by atoms with Crippen molar-refractivity contribution in [2.45, 2.75) is 40.2 Å². The molecule has 0 N–H and O–H groups in total. The molecule has 1 rings (SSSR count). The Labute approximate surface area is 97.4 Å². The van der Waals surface area contributed by atoms with Gasteiger partial charge in [-0.05, 0) is 31.9 Å². The van der Waals surface area contributed by atoms with Crippen molar-refractivity contribution < 1.29 is 9.21 Å². The van der Waals surface area contributed by atoms with Gasteiger partial charge in [0, 0.05) is 13.0 Å². The van der Waals surface area contributed by atoms with E-state index in [2.05, 4.69) is 13.8 Å². The van der Waals surface area contributed by atoms with Gasteiger partial charge >= 0.3 is 0 Å². The summed E-state index contributed by atoms with van der Waals surface area (Å²) < 4.78 is 5.46. The number of amides is 1. The third kappa shape index (κ3) is 3.12. The molecule has 0 spiro atoms. The topological polar surface area (TPSA) is 33.5 Å². The van der Waals surface area contributed by atoms with Crippen molar-refractivity contribution >= 4 is 5.91 Å². The molecule has 1 heterocycles. The lowest BCUT2D eigenvalue weighted by Gasteiger charge is -2.21. The first-order chi connectivity index (χ1) is 7.58. The molecule has 1 aromatic rings. The van der Waals surface area contributed by atoms with E-state index < -0.39 is 0 Å². The van der Waals surface area contributed by atoms with Crippen LogP contribution in [0.4, 0.5) is 0 Å². The van der Waals surface area contributed by atoms with Crippen LogP contribution in [-0.2, 0) is 11.3 Å². The van der Waals surface area contributed by atoms with Gasteiger partial charge in [-0.1, -0.05) is 13.8 Å². The van der Waals surface area contributed by atoms with Gasteiger partial charge in [-0.2, -0.15) is 0 Å². The highest BCUT2D eigenvalue weighted by molar-refractivity contribution is 5.78. The maximum absolute atomic E-state index is 12.0. The van der Waals surface area contributed by atoms with E-state index in [1.165, 1.54) is 0 Å². The van der Waals surface area contributed by atoms with E-state index in [1.54, 1.807) is 4.90 Å². The van der Waals surface area contributed by atoms with Crippen LogP contribution in [0.2, 0.25) is 0 Å². The average Bonchev–Trinajstić information content (AvgIpc) is 2.65. The van der Waals surface area contributed by atoms with Crippen LogP contribution in [0.15, 0.2) is 16.5 Å². The molecule has 1 aromatic heterocycles. The summed E-state index contributed by atoms with van der Waals surface area (Å²) in [5.41, 5.74) is 0. The minimum atomic E-state index is 0.140. The Morgan fingerprint density at radius 1 is 1.38 bits per heavy atom. The fourth-order valence-corrected chi connectivity index (χ4v) is 1.83. The summed E-state index contributed by atoms with van der Waals surface area (Å²) in [6, 6.07) is 3.84. The SMILES string of the molecule is CCC(CC)C(=O)N(C)Cc1ccc(C)o1. The van der Waals surface area contributed by atoms with Crippen LogP contribution in [0.25, 0.3) is 0 Å². The molecule has 0 aliphatic carbocycles. The second-order valence-electron chi connectivity index (χ2n) is 4.22. The predicted octanol–water partition coefficient (Wildman–Crippen LogP) is 2.98. The minimum absolute atomic E-state index is 0.140. The molecule has 16 heavy (non-hydrogen) atoms. The van der Waals surface area contributed by atoms with Crippen LogP contribution in [0.5, 0.6) is 0 Å². The molecule has 0 saturated heterocycles. The van der Waals surface area contributed by atoms with E-state index >= 15 is 0 Å². The quantitative estimate of drug-likeness (QED) is 0.769. The Morgan fingerprint density at radius 3 is 2.44 bits per heavy atom. The molecule has 1 amide bonds. The van der Waals surface area contributed by atoms with Crippen LogP contribution < -0.4 is 0 Å². The molecule has 0 aromatic carbocycles. The fraction of sp³-hybridized carbons (Fsp3) is 0.615. The van der Waals surface area contributed by atoms with Crippen LogP contribution in [0.3, 0.4) is 0 Å². The summed E-state index contributed by atoms with van der Waals surface area (Å²) in [5.74, 6) is 2.08. The maximum atomic E-state index is 12.0. The fourth-order valence-electron chi connectivity index (χ4n) is 1.83. The molecule has 0 bridgehead atoms. The van der Waals surface area contributed by atoms with E-state index in [1.807, 2.05) is 26.1 Å². The number of aryl methyl sites for hydroxylation is 1. The van der Waals surface area contributed by atoms with E-state index in [-0.39, 0.29) is 11.8 Å². The minimum Gasteiger partial charge on any atom is -0.464 e. The number of nitrogens with zero attached hydrogens (tertiary/aromatic N) is 1. The highest BCUT2D eigenvalue weighted by atomic mass is 16.3. The summed E-state index contributed by atoms with van der Waals surface area (Å²) in [6.07, 6.45) is 1.80. The third-order valence-electron chi connectivity index (χ3n) is 2.90. The first-order valence-electron chi connectivity index (χ1n) is 5.88. The zero-order valence-corrected chi connectivity index (χ0v) is 10.6. The van der Waals surface area contributed by atoms with Crippen molar-refractivity contribution in [2.75, 3.05) is 7.05 Å². The van der Waals surface area contributed by atoms with Crippen molar-refractivity contribution in [3.63, 3.8) is 0 Å². The molecular weight excluding hydrogens is 202 g/mol. The summed E-state index contributed by atoms with van der Waals surface area (Å²) in [4.78, 5) is 13.7. The summed E-state index contributed by atoms with van der Waals surface area (Å²) in [6.45, 7) is 6.57. The summed E-state index contributed by atoms with van der Waals surface area (Å²) >= 11 is 0. The molecule has 90 valence electrons. The third-order valence-corrected chi connectivity index (χ3v) is 2.90. The Hall–Kier alpha value is -1.25. The van der Waals surface area contributed by atoms with Crippen LogP contribution in [-0.4, -0.2) is 17.9 Å². The zero-order chi connectivity index (χ0) is 12.1. The van der Waals surface area contributed by atoms with Crippen LogP contribution in [0.1, 0.15) is 38.2 Å². The largest absolute Gasteiger partial charge is 0.464 e. The van der Waals surface area contributed by atoms with Gasteiger partial charge in [0.15, 0.2) is 0 Å². The van der Waals surface area contributed by atoms with Crippen LogP contribution >= 0.6 is 0 Å². The molecule has 0 fully saturated rings. The lowest BCUT2D eigenvalue weighted by Crippen LogP contribution is -2.31. The maximum Gasteiger partial charge on any atom is 0.225 e. The highest BCUT2D eigenvalue weighted by Crippen LogP contribution is 2.14. The van der Waals surface area contributed by atoms with Crippen molar-refractivity contribution in [3.05, 3.63) is 23.7 Å². The number of carbonyl (C=O) groups excluding carboxylic acids is 1. The number of carbonyl (C=O) groups is 1. The molecule has 0 atom stereocenters. The Morgan fingerprint density at radius 2 is 2.00 bits per heavy atom. The summed E-state index contributed by atoms with van der Waals surface area (Å²) in [7, 11) is 1.83. The lowest BCUT2D eigenvalue weighted by atomic mass is 10.0. The number of hydrogen-bond donors (Lipinski definition) is 0. The highest BCUT2D eigenvalue weighted by Gasteiger charge is 2.19. The molecule has 3 nitrogen and oxygen atoms in total. The van der Waals surface area contributed by atoms with E-state index in [9.17, 15) is 4.79 Å².